The van der Waals surface area contributed by atoms with Gasteiger partial charge in [-0.25, -0.2) is 13.4 Å². The molecule has 0 aliphatic rings. The fourth-order valence-corrected chi connectivity index (χ4v) is 6.06. The summed E-state index contributed by atoms with van der Waals surface area (Å²) in [7, 11) is -3.57. The van der Waals surface area contributed by atoms with Crippen molar-refractivity contribution in [1.29, 1.82) is 0 Å². The Kier molecular flexibility index (Phi) is 7.11. The Morgan fingerprint density at radius 3 is 2.61 bits per heavy atom. The average Bonchev–Trinajstić information content (AvgIpc) is 3.25. The zero-order chi connectivity index (χ0) is 23.4. The van der Waals surface area contributed by atoms with Gasteiger partial charge in [0.25, 0.3) is 0 Å². The molecule has 2 heterocycles. The smallest absolute Gasteiger partial charge is 0.230 e. The molecule has 0 bridgehead atoms. The van der Waals surface area contributed by atoms with Gasteiger partial charge in [-0.2, -0.15) is 0 Å². The lowest BCUT2D eigenvalue weighted by molar-refractivity contribution is -0.118. The van der Waals surface area contributed by atoms with Crippen molar-refractivity contribution < 1.29 is 13.2 Å². The molecule has 0 atom stereocenters. The number of benzene rings is 2. The third kappa shape index (κ3) is 5.61. The van der Waals surface area contributed by atoms with Gasteiger partial charge in [0.1, 0.15) is 0 Å². The number of aromatic nitrogens is 2. The Hall–Kier alpha value is -2.75. The Labute approximate surface area is 201 Å². The number of anilines is 1. The zero-order valence-electron chi connectivity index (χ0n) is 18.3. The second-order valence-electron chi connectivity index (χ2n) is 7.55. The van der Waals surface area contributed by atoms with Gasteiger partial charge in [-0.15, -0.1) is 11.8 Å². The minimum atomic E-state index is -3.57. The van der Waals surface area contributed by atoms with Crippen LogP contribution in [0, 0.1) is 6.92 Å². The van der Waals surface area contributed by atoms with Crippen molar-refractivity contribution in [2.75, 3.05) is 16.9 Å². The van der Waals surface area contributed by atoms with E-state index in [4.69, 9.17) is 0 Å². The number of nitrogens with zero attached hydrogens (tertiary/aromatic N) is 3. The molecule has 0 fully saturated rings. The number of hydrogen-bond acceptors (Lipinski definition) is 7. The van der Waals surface area contributed by atoms with Crippen molar-refractivity contribution in [3.8, 4) is 0 Å². The molecule has 0 aliphatic carbocycles. The summed E-state index contributed by atoms with van der Waals surface area (Å²) in [6.07, 6.45) is 5.24. The predicted molar refractivity (Wildman–Crippen MR) is 135 cm³/mol. The molecule has 0 spiro atoms. The van der Waals surface area contributed by atoms with E-state index in [0.717, 1.165) is 26.2 Å². The molecule has 6 nitrogen and oxygen atoms in total. The first-order chi connectivity index (χ1) is 15.9. The molecule has 9 heteroatoms. The minimum absolute atomic E-state index is 0.136. The topological polar surface area (TPSA) is 80.2 Å². The zero-order valence-corrected chi connectivity index (χ0v) is 20.7. The number of carbonyl (C=O) groups excluding carboxylic acids is 1. The van der Waals surface area contributed by atoms with Crippen molar-refractivity contribution in [3.05, 3.63) is 78.1 Å². The first kappa shape index (κ1) is 23.4. The minimum Gasteiger partial charge on any atom is -0.284 e. The number of thioether (sulfide) groups is 1. The molecule has 0 radical (unpaired) electrons. The van der Waals surface area contributed by atoms with Gasteiger partial charge in [0.2, 0.25) is 5.91 Å². The SMILES string of the molecule is CSc1ccc2nc(N(Cc3cccnc3)C(=O)CCS(=O)(=O)c3ccc(C)cc3)sc2c1. The number of fused-ring (bicyclic) bond motifs is 1. The fourth-order valence-electron chi connectivity index (χ4n) is 3.29. The lowest BCUT2D eigenvalue weighted by Gasteiger charge is -2.20. The first-order valence-electron chi connectivity index (χ1n) is 10.3. The van der Waals surface area contributed by atoms with Gasteiger partial charge in [0, 0.05) is 23.7 Å². The van der Waals surface area contributed by atoms with Crippen LogP contribution >= 0.6 is 23.1 Å². The highest BCUT2D eigenvalue weighted by Crippen LogP contribution is 2.32. The molecule has 0 saturated heterocycles. The second-order valence-corrected chi connectivity index (χ2v) is 11.6. The maximum absolute atomic E-state index is 13.3. The highest BCUT2D eigenvalue weighted by atomic mass is 32.2. The molecule has 170 valence electrons. The highest BCUT2D eigenvalue weighted by Gasteiger charge is 2.23. The van der Waals surface area contributed by atoms with Crippen LogP contribution in [0.3, 0.4) is 0 Å². The summed E-state index contributed by atoms with van der Waals surface area (Å²) in [5.41, 5.74) is 2.63. The van der Waals surface area contributed by atoms with Crippen LogP contribution < -0.4 is 4.90 Å². The number of hydrogen-bond donors (Lipinski definition) is 0. The van der Waals surface area contributed by atoms with Crippen molar-refractivity contribution in [3.63, 3.8) is 0 Å². The Balaban J connectivity index is 1.60. The largest absolute Gasteiger partial charge is 0.284 e. The number of sulfone groups is 1. The standard InChI is InChI=1S/C24H23N3O3S3/c1-17-5-8-20(9-6-17)33(29,30)13-11-23(28)27(16-18-4-3-12-25-15-18)24-26-21-10-7-19(31-2)14-22(21)32-24/h3-10,12,14-15H,11,13,16H2,1-2H3. The van der Waals surface area contributed by atoms with Gasteiger partial charge in [0.15, 0.2) is 15.0 Å². The van der Waals surface area contributed by atoms with E-state index >= 15 is 0 Å². The van der Waals surface area contributed by atoms with Crippen LogP contribution in [0.1, 0.15) is 17.5 Å². The van der Waals surface area contributed by atoms with E-state index in [1.54, 1.807) is 53.3 Å². The van der Waals surface area contributed by atoms with Gasteiger partial charge in [-0.3, -0.25) is 14.7 Å². The van der Waals surface area contributed by atoms with E-state index in [0.29, 0.717) is 5.13 Å². The number of aryl methyl sites for hydroxylation is 1. The summed E-state index contributed by atoms with van der Waals surface area (Å²) in [5.74, 6) is -0.557. The Morgan fingerprint density at radius 1 is 1.12 bits per heavy atom. The Bertz CT molecular complexity index is 1370. The van der Waals surface area contributed by atoms with E-state index in [-0.39, 0.29) is 29.5 Å². The molecule has 2 aromatic carbocycles. The number of pyridine rings is 1. The lowest BCUT2D eigenvalue weighted by atomic mass is 10.2. The van der Waals surface area contributed by atoms with Crippen LogP contribution in [-0.4, -0.2) is 36.3 Å². The van der Waals surface area contributed by atoms with Gasteiger partial charge in [0.05, 0.1) is 27.4 Å². The summed E-state index contributed by atoms with van der Waals surface area (Å²) >= 11 is 3.07. The van der Waals surface area contributed by atoms with Gasteiger partial charge in [-0.1, -0.05) is 35.1 Å². The molecule has 2 aromatic heterocycles. The maximum Gasteiger partial charge on any atom is 0.230 e. The van der Waals surface area contributed by atoms with Crippen molar-refractivity contribution in [2.45, 2.75) is 29.7 Å². The van der Waals surface area contributed by atoms with Gasteiger partial charge < -0.3 is 0 Å². The third-order valence-electron chi connectivity index (χ3n) is 5.14. The highest BCUT2D eigenvalue weighted by molar-refractivity contribution is 7.98. The van der Waals surface area contributed by atoms with Gasteiger partial charge in [-0.05, 0) is 55.1 Å². The molecule has 1 amide bonds. The lowest BCUT2D eigenvalue weighted by Crippen LogP contribution is -2.31. The summed E-state index contributed by atoms with van der Waals surface area (Å²) in [5, 5.41) is 0.546. The van der Waals surface area contributed by atoms with Crippen LogP contribution in [0.25, 0.3) is 10.2 Å². The van der Waals surface area contributed by atoms with Crippen molar-refractivity contribution in [1.82, 2.24) is 9.97 Å². The van der Waals surface area contributed by atoms with Crippen LogP contribution in [0.4, 0.5) is 5.13 Å². The molecule has 0 unspecified atom stereocenters. The molecule has 0 N–H and O–H groups in total. The van der Waals surface area contributed by atoms with Crippen LogP contribution in [0.2, 0.25) is 0 Å². The molecule has 0 saturated carbocycles. The van der Waals surface area contributed by atoms with E-state index in [1.807, 2.05) is 37.4 Å². The van der Waals surface area contributed by atoms with Crippen molar-refractivity contribution in [2.24, 2.45) is 0 Å². The fraction of sp³-hybridized carbons (Fsp3) is 0.208. The normalized spacial score (nSPS) is 11.6. The molecule has 4 aromatic rings. The molecular weight excluding hydrogens is 474 g/mol. The van der Waals surface area contributed by atoms with E-state index in [1.165, 1.54) is 11.3 Å². The van der Waals surface area contributed by atoms with Crippen LogP contribution in [0.5, 0.6) is 0 Å². The van der Waals surface area contributed by atoms with E-state index in [9.17, 15) is 13.2 Å². The quantitative estimate of drug-likeness (QED) is 0.314. The second kappa shape index (κ2) is 10.0. The molecule has 33 heavy (non-hydrogen) atoms. The molecule has 4 rings (SSSR count). The van der Waals surface area contributed by atoms with E-state index in [2.05, 4.69) is 16.0 Å². The van der Waals surface area contributed by atoms with Crippen molar-refractivity contribution >= 4 is 54.2 Å². The summed E-state index contributed by atoms with van der Waals surface area (Å²) in [6.45, 7) is 2.17. The number of thiazole rings is 1. The number of amides is 1. The predicted octanol–water partition coefficient (Wildman–Crippen LogP) is 5.12. The van der Waals surface area contributed by atoms with Crippen LogP contribution in [-0.2, 0) is 21.2 Å². The summed E-state index contributed by atoms with van der Waals surface area (Å²) in [4.78, 5) is 25.0. The first-order valence-corrected chi connectivity index (χ1v) is 14.0. The third-order valence-corrected chi connectivity index (χ3v) is 8.64. The molecule has 0 aliphatic heterocycles. The van der Waals surface area contributed by atoms with E-state index < -0.39 is 9.84 Å². The maximum atomic E-state index is 13.3. The summed E-state index contributed by atoms with van der Waals surface area (Å²) < 4.78 is 26.5. The monoisotopic (exact) mass is 497 g/mol. The summed E-state index contributed by atoms with van der Waals surface area (Å²) in [6, 6.07) is 16.4. The average molecular weight is 498 g/mol. The number of rotatable bonds is 8. The van der Waals surface area contributed by atoms with Gasteiger partial charge >= 0.3 is 0 Å². The van der Waals surface area contributed by atoms with Crippen LogP contribution in [0.15, 0.2) is 76.8 Å². The molecular formula is C24H23N3O3S3. The Morgan fingerprint density at radius 2 is 1.91 bits per heavy atom. The number of carbonyl (C=O) groups is 1.